The molecule has 0 atom stereocenters. The number of carbonyl (C=O) groups is 2. The minimum absolute atomic E-state index is 0.0671. The molecule has 1 saturated heterocycles. The van der Waals surface area contributed by atoms with Gasteiger partial charge in [-0.3, -0.25) is 19.7 Å². The molecule has 0 spiro atoms. The van der Waals surface area contributed by atoms with Gasteiger partial charge in [0.25, 0.3) is 16.8 Å². The summed E-state index contributed by atoms with van der Waals surface area (Å²) >= 11 is 0.829. The van der Waals surface area contributed by atoms with Crippen LogP contribution in [-0.2, 0) is 4.79 Å². The van der Waals surface area contributed by atoms with Crippen LogP contribution in [0.2, 0.25) is 0 Å². The minimum atomic E-state index is -0.501. The monoisotopic (exact) mass is 354 g/mol. The Morgan fingerprint density at radius 2 is 1.88 bits per heavy atom. The number of carbonyl (C=O) groups excluding carboxylic acids is 2. The SMILES string of the molecule is Cc1ccc(C)c(N2C(=O)S/C(=C\c3cccc([N+](=O)[O-])c3)C2=O)c1. The number of non-ortho nitro benzene ring substituents is 1. The second kappa shape index (κ2) is 6.52. The third-order valence-corrected chi connectivity index (χ3v) is 4.65. The number of benzene rings is 2. The van der Waals surface area contributed by atoms with Crippen LogP contribution < -0.4 is 4.90 Å². The Bertz CT molecular complexity index is 936. The number of hydrogen-bond donors (Lipinski definition) is 0. The highest BCUT2D eigenvalue weighted by Crippen LogP contribution is 2.37. The molecule has 2 amide bonds. The summed E-state index contributed by atoms with van der Waals surface area (Å²) in [5, 5.41) is 10.5. The first-order valence-corrected chi connectivity index (χ1v) is 8.28. The van der Waals surface area contributed by atoms with E-state index in [0.717, 1.165) is 27.8 Å². The van der Waals surface area contributed by atoms with Crippen LogP contribution >= 0.6 is 11.8 Å². The third kappa shape index (κ3) is 3.32. The normalized spacial score (nSPS) is 15.9. The van der Waals surface area contributed by atoms with Gasteiger partial charge in [0.05, 0.1) is 15.5 Å². The number of rotatable bonds is 3. The summed E-state index contributed by atoms with van der Waals surface area (Å²) in [5.41, 5.74) is 2.76. The van der Waals surface area contributed by atoms with Crippen LogP contribution in [0.5, 0.6) is 0 Å². The molecule has 2 aromatic carbocycles. The van der Waals surface area contributed by atoms with E-state index >= 15 is 0 Å². The number of hydrogen-bond acceptors (Lipinski definition) is 5. The van der Waals surface area contributed by atoms with Gasteiger partial charge in [-0.05, 0) is 54.4 Å². The van der Waals surface area contributed by atoms with Gasteiger partial charge in [-0.15, -0.1) is 0 Å². The Morgan fingerprint density at radius 3 is 2.60 bits per heavy atom. The lowest BCUT2D eigenvalue weighted by Crippen LogP contribution is -2.28. The van der Waals surface area contributed by atoms with Crippen LogP contribution in [0.15, 0.2) is 47.4 Å². The highest BCUT2D eigenvalue weighted by Gasteiger charge is 2.37. The molecule has 3 rings (SSSR count). The second-order valence-corrected chi connectivity index (χ2v) is 6.65. The van der Waals surface area contributed by atoms with Crippen LogP contribution in [0.3, 0.4) is 0 Å². The van der Waals surface area contributed by atoms with Crippen LogP contribution in [0.4, 0.5) is 16.2 Å². The molecule has 0 aromatic heterocycles. The van der Waals surface area contributed by atoms with Crippen LogP contribution in [0, 0.1) is 24.0 Å². The molecule has 2 aromatic rings. The lowest BCUT2D eigenvalue weighted by Gasteiger charge is -2.15. The highest BCUT2D eigenvalue weighted by atomic mass is 32.2. The smallest absolute Gasteiger partial charge is 0.268 e. The molecule has 1 aliphatic rings. The second-order valence-electron chi connectivity index (χ2n) is 5.66. The van der Waals surface area contributed by atoms with Gasteiger partial charge >= 0.3 is 0 Å². The first-order valence-electron chi connectivity index (χ1n) is 7.46. The molecule has 1 aliphatic heterocycles. The lowest BCUT2D eigenvalue weighted by atomic mass is 10.1. The van der Waals surface area contributed by atoms with Crippen LogP contribution in [0.1, 0.15) is 16.7 Å². The summed E-state index contributed by atoms with van der Waals surface area (Å²) in [4.78, 5) is 36.8. The average molecular weight is 354 g/mol. The first kappa shape index (κ1) is 16.9. The molecular weight excluding hydrogens is 340 g/mol. The zero-order valence-corrected chi connectivity index (χ0v) is 14.4. The number of imide groups is 1. The Kier molecular flexibility index (Phi) is 4.41. The van der Waals surface area contributed by atoms with Crippen molar-refractivity contribution in [1.29, 1.82) is 0 Å². The van der Waals surface area contributed by atoms with E-state index in [9.17, 15) is 19.7 Å². The molecule has 126 valence electrons. The van der Waals surface area contributed by atoms with Gasteiger partial charge in [0, 0.05) is 12.1 Å². The van der Waals surface area contributed by atoms with Gasteiger partial charge in [0.15, 0.2) is 0 Å². The van der Waals surface area contributed by atoms with Gasteiger partial charge in [0.1, 0.15) is 0 Å². The maximum atomic E-state index is 12.7. The van der Waals surface area contributed by atoms with Gasteiger partial charge in [-0.1, -0.05) is 24.3 Å². The van der Waals surface area contributed by atoms with Crippen LogP contribution in [-0.4, -0.2) is 16.1 Å². The largest absolute Gasteiger partial charge is 0.298 e. The molecule has 0 N–H and O–H groups in total. The van der Waals surface area contributed by atoms with Crippen molar-refractivity contribution < 1.29 is 14.5 Å². The molecule has 1 fully saturated rings. The predicted octanol–water partition coefficient (Wildman–Crippen LogP) is 4.45. The fourth-order valence-electron chi connectivity index (χ4n) is 2.52. The number of thioether (sulfide) groups is 1. The van der Waals surface area contributed by atoms with Crippen molar-refractivity contribution in [2.45, 2.75) is 13.8 Å². The summed E-state index contributed by atoms with van der Waals surface area (Å²) in [5.74, 6) is -0.421. The summed E-state index contributed by atoms with van der Waals surface area (Å²) in [7, 11) is 0. The quantitative estimate of drug-likeness (QED) is 0.462. The molecule has 0 aliphatic carbocycles. The van der Waals surface area contributed by atoms with E-state index in [2.05, 4.69) is 0 Å². The molecule has 0 bridgehead atoms. The van der Waals surface area contributed by atoms with E-state index in [4.69, 9.17) is 0 Å². The Balaban J connectivity index is 1.97. The molecular formula is C18H14N2O4S. The number of nitrogens with zero attached hydrogens (tertiary/aromatic N) is 2. The number of aryl methyl sites for hydroxylation is 2. The topological polar surface area (TPSA) is 80.5 Å². The number of anilines is 1. The Labute approximate surface area is 148 Å². The summed E-state index contributed by atoms with van der Waals surface area (Å²) in [6.07, 6.45) is 1.50. The summed E-state index contributed by atoms with van der Waals surface area (Å²) < 4.78 is 0. The standard InChI is InChI=1S/C18H14N2O4S/c1-11-6-7-12(2)15(8-11)19-17(21)16(25-18(19)22)10-13-4-3-5-14(9-13)20(23)24/h3-10H,1-2H3/b16-10-. The van der Waals surface area contributed by atoms with Crippen molar-refractivity contribution in [1.82, 2.24) is 0 Å². The van der Waals surface area contributed by atoms with Crippen molar-refractivity contribution in [3.8, 4) is 0 Å². The summed E-state index contributed by atoms with van der Waals surface area (Å²) in [6, 6.07) is 11.5. The fraction of sp³-hybridized carbons (Fsp3) is 0.111. The van der Waals surface area contributed by atoms with Gasteiger partial charge in [-0.25, -0.2) is 4.90 Å². The third-order valence-electron chi connectivity index (χ3n) is 3.78. The highest BCUT2D eigenvalue weighted by molar-refractivity contribution is 8.19. The van der Waals surface area contributed by atoms with Crippen molar-refractivity contribution >= 4 is 40.4 Å². The summed E-state index contributed by atoms with van der Waals surface area (Å²) in [6.45, 7) is 3.73. The van der Waals surface area contributed by atoms with E-state index < -0.39 is 10.8 Å². The molecule has 1 heterocycles. The van der Waals surface area contributed by atoms with Crippen LogP contribution in [0.25, 0.3) is 6.08 Å². The Hall–Kier alpha value is -2.93. The number of nitro benzene ring substituents is 1. The van der Waals surface area contributed by atoms with Crippen molar-refractivity contribution in [3.63, 3.8) is 0 Å². The number of nitro groups is 1. The molecule has 0 unspecified atom stereocenters. The van der Waals surface area contributed by atoms with E-state index in [1.165, 1.54) is 18.2 Å². The van der Waals surface area contributed by atoms with Gasteiger partial charge < -0.3 is 0 Å². The van der Waals surface area contributed by atoms with E-state index in [-0.39, 0.29) is 15.8 Å². The van der Waals surface area contributed by atoms with Crippen molar-refractivity contribution in [3.05, 3.63) is 74.2 Å². The zero-order chi connectivity index (χ0) is 18.1. The minimum Gasteiger partial charge on any atom is -0.268 e. The zero-order valence-electron chi connectivity index (χ0n) is 13.6. The van der Waals surface area contributed by atoms with E-state index in [0.29, 0.717) is 11.3 Å². The maximum absolute atomic E-state index is 12.7. The van der Waals surface area contributed by atoms with Gasteiger partial charge in [0.2, 0.25) is 0 Å². The van der Waals surface area contributed by atoms with Crippen molar-refractivity contribution in [2.75, 3.05) is 4.90 Å². The molecule has 0 saturated carbocycles. The average Bonchev–Trinajstić information content (AvgIpc) is 2.84. The van der Waals surface area contributed by atoms with E-state index in [1.54, 1.807) is 18.2 Å². The van der Waals surface area contributed by atoms with Gasteiger partial charge in [-0.2, -0.15) is 0 Å². The lowest BCUT2D eigenvalue weighted by molar-refractivity contribution is -0.384. The number of amides is 2. The fourth-order valence-corrected chi connectivity index (χ4v) is 3.35. The first-order chi connectivity index (χ1) is 11.9. The molecule has 7 heteroatoms. The Morgan fingerprint density at radius 1 is 1.12 bits per heavy atom. The van der Waals surface area contributed by atoms with Crippen molar-refractivity contribution in [2.24, 2.45) is 0 Å². The molecule has 6 nitrogen and oxygen atoms in total. The molecule has 25 heavy (non-hydrogen) atoms. The van der Waals surface area contributed by atoms with E-state index in [1.807, 2.05) is 26.0 Å². The molecule has 0 radical (unpaired) electrons. The maximum Gasteiger partial charge on any atom is 0.298 e. The predicted molar refractivity (Wildman–Crippen MR) is 97.5 cm³/mol.